The van der Waals surface area contributed by atoms with E-state index in [1.807, 2.05) is 6.92 Å². The van der Waals surface area contributed by atoms with E-state index in [2.05, 4.69) is 0 Å². The van der Waals surface area contributed by atoms with E-state index in [1.54, 1.807) is 0 Å². The molecule has 0 aliphatic carbocycles. The first kappa shape index (κ1) is 10.1. The first-order chi connectivity index (χ1) is 6.17. The molecule has 0 aliphatic rings. The average molecular weight is 185 g/mol. The van der Waals surface area contributed by atoms with Gasteiger partial charge in [-0.05, 0) is 36.6 Å². The van der Waals surface area contributed by atoms with Gasteiger partial charge >= 0.3 is 0 Å². The maximum absolute atomic E-state index is 12.8. The average Bonchev–Trinajstić information content (AvgIpc) is 2.04. The van der Waals surface area contributed by atoms with E-state index in [-0.39, 0.29) is 5.92 Å². The predicted octanol–water partition coefficient (Wildman–Crippen LogP) is 2.42. The predicted molar refractivity (Wildman–Crippen MR) is 48.4 cm³/mol. The molecule has 0 radical (unpaired) electrons. The van der Waals surface area contributed by atoms with E-state index in [0.717, 1.165) is 12.5 Å². The van der Waals surface area contributed by atoms with Gasteiger partial charge in [0.05, 0.1) is 0 Å². The molecule has 13 heavy (non-hydrogen) atoms. The Morgan fingerprint density at radius 2 is 1.77 bits per heavy atom. The van der Waals surface area contributed by atoms with Gasteiger partial charge in [-0.1, -0.05) is 6.92 Å². The van der Waals surface area contributed by atoms with Crippen molar-refractivity contribution in [1.82, 2.24) is 0 Å². The highest BCUT2D eigenvalue weighted by Crippen LogP contribution is 2.20. The van der Waals surface area contributed by atoms with Crippen molar-refractivity contribution in [1.29, 1.82) is 0 Å². The van der Waals surface area contributed by atoms with Crippen LogP contribution in [0.5, 0.6) is 0 Å². The fourth-order valence-corrected chi connectivity index (χ4v) is 1.35. The largest absolute Gasteiger partial charge is 0.330 e. The summed E-state index contributed by atoms with van der Waals surface area (Å²) in [5.74, 6) is -1.03. The van der Waals surface area contributed by atoms with Crippen LogP contribution in [-0.4, -0.2) is 6.54 Å². The number of hydrogen-bond acceptors (Lipinski definition) is 1. The summed E-state index contributed by atoms with van der Waals surface area (Å²) >= 11 is 0. The first-order valence-corrected chi connectivity index (χ1v) is 4.33. The number of halogens is 2. The van der Waals surface area contributed by atoms with Crippen LogP contribution in [-0.2, 0) is 0 Å². The topological polar surface area (TPSA) is 26.0 Å². The zero-order chi connectivity index (χ0) is 9.84. The quantitative estimate of drug-likeness (QED) is 0.768. The van der Waals surface area contributed by atoms with E-state index in [9.17, 15) is 8.78 Å². The Labute approximate surface area is 76.6 Å². The molecular weight excluding hydrogens is 172 g/mol. The molecule has 1 aromatic rings. The highest BCUT2D eigenvalue weighted by molar-refractivity contribution is 5.22. The molecular formula is C10H13F2N. The molecule has 1 nitrogen and oxygen atoms in total. The lowest BCUT2D eigenvalue weighted by atomic mass is 9.96. The number of rotatable bonds is 3. The summed E-state index contributed by atoms with van der Waals surface area (Å²) in [4.78, 5) is 0. The summed E-state index contributed by atoms with van der Waals surface area (Å²) < 4.78 is 25.6. The van der Waals surface area contributed by atoms with E-state index in [0.29, 0.717) is 12.1 Å². The van der Waals surface area contributed by atoms with Crippen molar-refractivity contribution in [3.63, 3.8) is 0 Å². The molecule has 3 heteroatoms. The van der Waals surface area contributed by atoms with Gasteiger partial charge in [0.1, 0.15) is 11.6 Å². The second-order valence-corrected chi connectivity index (χ2v) is 3.04. The second kappa shape index (κ2) is 4.33. The van der Waals surface area contributed by atoms with E-state index in [4.69, 9.17) is 5.73 Å². The van der Waals surface area contributed by atoms with Gasteiger partial charge in [-0.3, -0.25) is 0 Å². The Bertz CT molecular complexity index is 262. The number of hydrogen-bond donors (Lipinski definition) is 1. The van der Waals surface area contributed by atoms with Gasteiger partial charge in [-0.15, -0.1) is 0 Å². The molecule has 0 aromatic heterocycles. The molecule has 2 N–H and O–H groups in total. The third kappa shape index (κ3) is 2.49. The Hall–Kier alpha value is -0.960. The maximum atomic E-state index is 12.8. The third-order valence-corrected chi connectivity index (χ3v) is 2.13. The first-order valence-electron chi connectivity index (χ1n) is 4.33. The molecule has 1 atom stereocenters. The van der Waals surface area contributed by atoms with Crippen LogP contribution < -0.4 is 5.73 Å². The summed E-state index contributed by atoms with van der Waals surface area (Å²) in [5.41, 5.74) is 6.11. The minimum Gasteiger partial charge on any atom is -0.330 e. The van der Waals surface area contributed by atoms with Crippen LogP contribution in [0.4, 0.5) is 8.78 Å². The molecule has 0 saturated heterocycles. The fraction of sp³-hybridized carbons (Fsp3) is 0.400. The molecule has 0 fully saturated rings. The monoisotopic (exact) mass is 185 g/mol. The van der Waals surface area contributed by atoms with Gasteiger partial charge in [0, 0.05) is 6.07 Å². The minimum atomic E-state index is -0.540. The van der Waals surface area contributed by atoms with E-state index in [1.165, 1.54) is 12.1 Å². The highest BCUT2D eigenvalue weighted by atomic mass is 19.1. The van der Waals surface area contributed by atoms with E-state index >= 15 is 0 Å². The number of benzene rings is 1. The Morgan fingerprint density at radius 3 is 2.15 bits per heavy atom. The standard InChI is InChI=1S/C10H13F2N/c1-2-7(6-13)8-3-9(11)5-10(12)4-8/h3-5,7H,2,6,13H2,1H3. The second-order valence-electron chi connectivity index (χ2n) is 3.04. The molecule has 1 aromatic carbocycles. The molecule has 1 rings (SSSR count). The van der Waals surface area contributed by atoms with Crippen LogP contribution in [0.1, 0.15) is 24.8 Å². The maximum Gasteiger partial charge on any atom is 0.126 e. The lowest BCUT2D eigenvalue weighted by Gasteiger charge is -2.12. The van der Waals surface area contributed by atoms with Crippen molar-refractivity contribution in [3.05, 3.63) is 35.4 Å². The Balaban J connectivity index is 2.99. The molecule has 1 unspecified atom stereocenters. The van der Waals surface area contributed by atoms with Crippen molar-refractivity contribution in [2.24, 2.45) is 5.73 Å². The van der Waals surface area contributed by atoms with Crippen molar-refractivity contribution >= 4 is 0 Å². The molecule has 0 amide bonds. The summed E-state index contributed by atoms with van der Waals surface area (Å²) in [6, 6.07) is 3.54. The fourth-order valence-electron chi connectivity index (χ4n) is 1.35. The summed E-state index contributed by atoms with van der Waals surface area (Å²) in [6.07, 6.45) is 0.791. The lowest BCUT2D eigenvalue weighted by Crippen LogP contribution is -2.11. The van der Waals surface area contributed by atoms with Crippen LogP contribution in [0.25, 0.3) is 0 Å². The van der Waals surface area contributed by atoms with Gasteiger partial charge in [0.2, 0.25) is 0 Å². The molecule has 72 valence electrons. The van der Waals surface area contributed by atoms with Crippen molar-refractivity contribution in [2.45, 2.75) is 19.3 Å². The van der Waals surface area contributed by atoms with Crippen LogP contribution in [0, 0.1) is 11.6 Å². The lowest BCUT2D eigenvalue weighted by molar-refractivity contribution is 0.570. The van der Waals surface area contributed by atoms with Gasteiger partial charge in [0.25, 0.3) is 0 Å². The van der Waals surface area contributed by atoms with Gasteiger partial charge in [-0.25, -0.2) is 8.78 Å². The molecule has 0 saturated carbocycles. The van der Waals surface area contributed by atoms with Crippen LogP contribution in [0.15, 0.2) is 18.2 Å². The van der Waals surface area contributed by atoms with Crippen LogP contribution in [0.3, 0.4) is 0 Å². The van der Waals surface area contributed by atoms with Gasteiger partial charge in [0.15, 0.2) is 0 Å². The third-order valence-electron chi connectivity index (χ3n) is 2.13. The highest BCUT2D eigenvalue weighted by Gasteiger charge is 2.09. The van der Waals surface area contributed by atoms with Crippen LogP contribution in [0.2, 0.25) is 0 Å². The molecule has 0 heterocycles. The van der Waals surface area contributed by atoms with Gasteiger partial charge in [-0.2, -0.15) is 0 Å². The molecule has 0 aliphatic heterocycles. The molecule has 0 spiro atoms. The minimum absolute atomic E-state index is 0.0465. The van der Waals surface area contributed by atoms with Crippen LogP contribution >= 0.6 is 0 Å². The zero-order valence-corrected chi connectivity index (χ0v) is 7.56. The normalized spacial score (nSPS) is 12.9. The van der Waals surface area contributed by atoms with Crippen molar-refractivity contribution < 1.29 is 8.78 Å². The van der Waals surface area contributed by atoms with E-state index < -0.39 is 11.6 Å². The summed E-state index contributed by atoms with van der Waals surface area (Å²) in [7, 11) is 0. The zero-order valence-electron chi connectivity index (χ0n) is 7.56. The SMILES string of the molecule is CCC(CN)c1cc(F)cc(F)c1. The van der Waals surface area contributed by atoms with Gasteiger partial charge < -0.3 is 5.73 Å². The Morgan fingerprint density at radius 1 is 1.23 bits per heavy atom. The smallest absolute Gasteiger partial charge is 0.126 e. The summed E-state index contributed by atoms with van der Waals surface area (Å²) in [6.45, 7) is 2.36. The summed E-state index contributed by atoms with van der Waals surface area (Å²) in [5, 5.41) is 0. The van der Waals surface area contributed by atoms with Crippen molar-refractivity contribution in [3.8, 4) is 0 Å². The Kier molecular flexibility index (Phi) is 3.37. The molecule has 0 bridgehead atoms. The number of nitrogens with two attached hydrogens (primary N) is 1. The van der Waals surface area contributed by atoms with Crippen molar-refractivity contribution in [2.75, 3.05) is 6.54 Å².